The van der Waals surface area contributed by atoms with Gasteiger partial charge in [0.05, 0.1) is 0 Å². The SMILES string of the molecule is CCC1CC2=C(C(=O)C=CC2=O)C(=O)O1. The quantitative estimate of drug-likeness (QED) is 0.360. The van der Waals surface area contributed by atoms with E-state index in [2.05, 4.69) is 0 Å². The van der Waals surface area contributed by atoms with Crippen LogP contribution in [0.15, 0.2) is 23.3 Å². The molecule has 0 aromatic heterocycles. The second kappa shape index (κ2) is 3.46. The molecule has 1 aliphatic carbocycles. The van der Waals surface area contributed by atoms with E-state index in [1.807, 2.05) is 6.92 Å². The van der Waals surface area contributed by atoms with Crippen molar-refractivity contribution >= 4 is 17.5 Å². The molecule has 2 aliphatic rings. The molecule has 1 aliphatic heterocycles. The van der Waals surface area contributed by atoms with Gasteiger partial charge in [-0.05, 0) is 18.6 Å². The lowest BCUT2D eigenvalue weighted by Crippen LogP contribution is -2.33. The molecule has 4 heteroatoms. The van der Waals surface area contributed by atoms with Gasteiger partial charge in [0.15, 0.2) is 11.6 Å². The van der Waals surface area contributed by atoms with Gasteiger partial charge in [0, 0.05) is 12.0 Å². The molecule has 0 aromatic carbocycles. The van der Waals surface area contributed by atoms with Gasteiger partial charge in [-0.25, -0.2) is 4.79 Å². The van der Waals surface area contributed by atoms with Gasteiger partial charge in [0.2, 0.25) is 0 Å². The molecule has 78 valence electrons. The summed E-state index contributed by atoms with van der Waals surface area (Å²) < 4.78 is 5.02. The summed E-state index contributed by atoms with van der Waals surface area (Å²) >= 11 is 0. The molecule has 0 amide bonds. The number of hydrogen-bond donors (Lipinski definition) is 0. The van der Waals surface area contributed by atoms with Crippen molar-refractivity contribution < 1.29 is 19.1 Å². The van der Waals surface area contributed by atoms with Crippen LogP contribution < -0.4 is 0 Å². The summed E-state index contributed by atoms with van der Waals surface area (Å²) in [5.41, 5.74) is 0.234. The average Bonchev–Trinajstić information content (AvgIpc) is 2.23. The van der Waals surface area contributed by atoms with E-state index in [0.29, 0.717) is 18.4 Å². The smallest absolute Gasteiger partial charge is 0.342 e. The van der Waals surface area contributed by atoms with Gasteiger partial charge in [0.25, 0.3) is 0 Å². The maximum absolute atomic E-state index is 11.5. The number of esters is 1. The van der Waals surface area contributed by atoms with Gasteiger partial charge in [-0.15, -0.1) is 0 Å². The molecule has 0 spiro atoms. The molecule has 1 atom stereocenters. The van der Waals surface area contributed by atoms with E-state index in [9.17, 15) is 14.4 Å². The highest BCUT2D eigenvalue weighted by molar-refractivity contribution is 6.31. The van der Waals surface area contributed by atoms with Crippen molar-refractivity contribution in [1.82, 2.24) is 0 Å². The number of cyclic esters (lactones) is 1. The molecule has 15 heavy (non-hydrogen) atoms. The summed E-state index contributed by atoms with van der Waals surface area (Å²) in [7, 11) is 0. The number of ether oxygens (including phenoxy) is 1. The van der Waals surface area contributed by atoms with Crippen molar-refractivity contribution in [2.75, 3.05) is 0 Å². The molecule has 2 rings (SSSR count). The lowest BCUT2D eigenvalue weighted by molar-refractivity contribution is -0.147. The van der Waals surface area contributed by atoms with Crippen LogP contribution in [-0.2, 0) is 19.1 Å². The third kappa shape index (κ3) is 1.52. The summed E-state index contributed by atoms with van der Waals surface area (Å²) in [4.78, 5) is 34.3. The van der Waals surface area contributed by atoms with Crippen molar-refractivity contribution in [3.63, 3.8) is 0 Å². The fourth-order valence-electron chi connectivity index (χ4n) is 1.74. The summed E-state index contributed by atoms with van der Waals surface area (Å²) in [6.07, 6.45) is 3.06. The molecule has 0 saturated heterocycles. The first kappa shape index (κ1) is 9.83. The van der Waals surface area contributed by atoms with Crippen molar-refractivity contribution in [2.24, 2.45) is 0 Å². The molecule has 0 aromatic rings. The third-order valence-corrected chi connectivity index (χ3v) is 2.60. The molecule has 1 unspecified atom stereocenters. The first-order valence-corrected chi connectivity index (χ1v) is 4.84. The first-order valence-electron chi connectivity index (χ1n) is 4.84. The van der Waals surface area contributed by atoms with Crippen molar-refractivity contribution in [1.29, 1.82) is 0 Å². The zero-order chi connectivity index (χ0) is 11.0. The second-order valence-corrected chi connectivity index (χ2v) is 3.56. The van der Waals surface area contributed by atoms with Crippen LogP contribution in [0, 0.1) is 0 Å². The Morgan fingerprint density at radius 1 is 1.27 bits per heavy atom. The van der Waals surface area contributed by atoms with Gasteiger partial charge in [0.1, 0.15) is 11.7 Å². The van der Waals surface area contributed by atoms with E-state index in [4.69, 9.17) is 4.74 Å². The molecule has 4 nitrogen and oxygen atoms in total. The summed E-state index contributed by atoms with van der Waals surface area (Å²) in [5, 5.41) is 0. The molecule has 0 bridgehead atoms. The van der Waals surface area contributed by atoms with Crippen LogP contribution in [0.1, 0.15) is 19.8 Å². The third-order valence-electron chi connectivity index (χ3n) is 2.60. The lowest BCUT2D eigenvalue weighted by atomic mass is 9.88. The molecule has 0 saturated carbocycles. The van der Waals surface area contributed by atoms with E-state index in [1.54, 1.807) is 0 Å². The number of hydrogen-bond acceptors (Lipinski definition) is 4. The van der Waals surface area contributed by atoms with Gasteiger partial charge in [-0.3, -0.25) is 9.59 Å². The van der Waals surface area contributed by atoms with Crippen molar-refractivity contribution in [3.8, 4) is 0 Å². The molecule has 0 fully saturated rings. The van der Waals surface area contributed by atoms with Gasteiger partial charge in [-0.2, -0.15) is 0 Å². The minimum Gasteiger partial charge on any atom is -0.458 e. The van der Waals surface area contributed by atoms with Crippen molar-refractivity contribution in [3.05, 3.63) is 23.3 Å². The number of ketones is 2. The van der Waals surface area contributed by atoms with Crippen LogP contribution in [0.4, 0.5) is 0 Å². The van der Waals surface area contributed by atoms with E-state index < -0.39 is 11.8 Å². The van der Waals surface area contributed by atoms with Crippen molar-refractivity contribution in [2.45, 2.75) is 25.9 Å². The van der Waals surface area contributed by atoms with Gasteiger partial charge >= 0.3 is 5.97 Å². The van der Waals surface area contributed by atoms with Crippen LogP contribution >= 0.6 is 0 Å². The van der Waals surface area contributed by atoms with Gasteiger partial charge < -0.3 is 4.74 Å². The minimum absolute atomic E-state index is 0.0767. The predicted molar refractivity (Wildman–Crippen MR) is 51.0 cm³/mol. The Kier molecular flexibility index (Phi) is 2.26. The van der Waals surface area contributed by atoms with E-state index in [-0.39, 0.29) is 17.5 Å². The fourth-order valence-corrected chi connectivity index (χ4v) is 1.74. The number of carbonyl (C=O) groups is 3. The zero-order valence-electron chi connectivity index (χ0n) is 8.28. The normalized spacial score (nSPS) is 25.4. The van der Waals surface area contributed by atoms with E-state index >= 15 is 0 Å². The summed E-state index contributed by atoms with van der Waals surface area (Å²) in [6.45, 7) is 1.87. The maximum Gasteiger partial charge on any atom is 0.342 e. The number of rotatable bonds is 1. The number of allylic oxidation sites excluding steroid dienone is 2. The van der Waals surface area contributed by atoms with Crippen LogP contribution in [0.5, 0.6) is 0 Å². The predicted octanol–water partition coefficient (Wildman–Crippen LogP) is 0.716. The fraction of sp³-hybridized carbons (Fsp3) is 0.364. The highest BCUT2D eigenvalue weighted by Gasteiger charge is 2.35. The average molecular weight is 206 g/mol. The van der Waals surface area contributed by atoms with Crippen LogP contribution in [-0.4, -0.2) is 23.6 Å². The highest BCUT2D eigenvalue weighted by atomic mass is 16.5. The maximum atomic E-state index is 11.5. The van der Waals surface area contributed by atoms with Crippen LogP contribution in [0.3, 0.4) is 0 Å². The number of carbonyl (C=O) groups excluding carboxylic acids is 3. The molecule has 1 heterocycles. The van der Waals surface area contributed by atoms with E-state index in [0.717, 1.165) is 6.08 Å². The second-order valence-electron chi connectivity index (χ2n) is 3.56. The van der Waals surface area contributed by atoms with Crippen LogP contribution in [0.2, 0.25) is 0 Å². The minimum atomic E-state index is -0.661. The topological polar surface area (TPSA) is 60.4 Å². The van der Waals surface area contributed by atoms with Gasteiger partial charge in [-0.1, -0.05) is 6.92 Å². The Hall–Kier alpha value is -1.71. The first-order chi connectivity index (χ1) is 7.13. The Morgan fingerprint density at radius 3 is 2.60 bits per heavy atom. The monoisotopic (exact) mass is 206 g/mol. The Balaban J connectivity index is 2.44. The lowest BCUT2D eigenvalue weighted by Gasteiger charge is -2.25. The molecular formula is C11H10O4. The standard InChI is InChI=1S/C11H10O4/c1-2-6-5-7-8(12)3-4-9(13)10(7)11(14)15-6/h3-4,6H,2,5H2,1H3. The molecule has 0 radical (unpaired) electrons. The van der Waals surface area contributed by atoms with Crippen LogP contribution in [0.25, 0.3) is 0 Å². The zero-order valence-corrected chi connectivity index (χ0v) is 8.28. The Morgan fingerprint density at radius 2 is 1.93 bits per heavy atom. The molecule has 0 N–H and O–H groups in total. The van der Waals surface area contributed by atoms with E-state index in [1.165, 1.54) is 6.08 Å². The summed E-state index contributed by atoms with van der Waals surface area (Å²) in [6, 6.07) is 0. The summed E-state index contributed by atoms with van der Waals surface area (Å²) in [5.74, 6) is -1.34. The Labute approximate surface area is 86.6 Å². The largest absolute Gasteiger partial charge is 0.458 e. The highest BCUT2D eigenvalue weighted by Crippen LogP contribution is 2.27. The molecular weight excluding hydrogens is 196 g/mol. The Bertz CT molecular complexity index is 414.